The zero-order valence-corrected chi connectivity index (χ0v) is 14.6. The zero-order chi connectivity index (χ0) is 17.9. The molecule has 0 unspecified atom stereocenters. The van der Waals surface area contributed by atoms with Gasteiger partial charge in [-0.05, 0) is 57.2 Å². The van der Waals surface area contributed by atoms with Gasteiger partial charge in [0, 0.05) is 11.1 Å². The van der Waals surface area contributed by atoms with E-state index in [1.807, 2.05) is 0 Å². The molecule has 6 heteroatoms. The van der Waals surface area contributed by atoms with E-state index in [0.29, 0.717) is 5.96 Å². The summed E-state index contributed by atoms with van der Waals surface area (Å²) in [5.41, 5.74) is 0.0188. The van der Waals surface area contributed by atoms with Crippen molar-refractivity contribution in [2.24, 2.45) is 4.99 Å². The Kier molecular flexibility index (Phi) is 5.35. The average molecular weight is 349 g/mol. The van der Waals surface area contributed by atoms with Crippen LogP contribution in [-0.2, 0) is 0 Å². The lowest BCUT2D eigenvalue weighted by atomic mass is 9.79. The minimum Gasteiger partial charge on any atom is -0.351 e. The van der Waals surface area contributed by atoms with Gasteiger partial charge in [-0.2, -0.15) is 0 Å². The Morgan fingerprint density at radius 3 is 2.44 bits per heavy atom. The van der Waals surface area contributed by atoms with Crippen LogP contribution < -0.4 is 10.6 Å². The third-order valence-corrected chi connectivity index (χ3v) is 5.18. The molecule has 2 aliphatic rings. The van der Waals surface area contributed by atoms with Gasteiger partial charge in [-0.3, -0.25) is 10.1 Å². The minimum atomic E-state index is -1.03. The molecule has 0 bridgehead atoms. The molecule has 0 spiro atoms. The molecule has 0 aromatic heterocycles. The first kappa shape index (κ1) is 17.8. The largest absolute Gasteiger partial charge is 0.351 e. The number of aliphatic imine (C=N–C) groups is 1. The Bertz CT molecular complexity index is 665. The predicted octanol–water partition coefficient (Wildman–Crippen LogP) is 3.92. The number of halogens is 2. The number of hydrogen-bond acceptors (Lipinski definition) is 2. The summed E-state index contributed by atoms with van der Waals surface area (Å²) in [7, 11) is 0. The van der Waals surface area contributed by atoms with E-state index in [0.717, 1.165) is 57.1 Å². The first-order valence-corrected chi connectivity index (χ1v) is 9.08. The molecular weight excluding hydrogens is 324 g/mol. The van der Waals surface area contributed by atoms with Gasteiger partial charge in [-0.25, -0.2) is 13.8 Å². The topological polar surface area (TPSA) is 53.5 Å². The second-order valence-corrected chi connectivity index (χ2v) is 7.39. The standard InChI is InChI=1S/C19H25F2N3O/c1-19(10-5-11-19)24-18(22-14-6-3-2-4-7-14)23-17(25)13-8-9-15(20)16(21)12-13/h8-9,12,14H,2-7,10-11H2,1H3,(H2,22,23,24,25). The zero-order valence-electron chi connectivity index (χ0n) is 14.6. The molecule has 136 valence electrons. The Morgan fingerprint density at radius 2 is 1.84 bits per heavy atom. The third-order valence-electron chi connectivity index (χ3n) is 5.18. The first-order chi connectivity index (χ1) is 12.0. The van der Waals surface area contributed by atoms with Crippen LogP contribution >= 0.6 is 0 Å². The number of nitrogens with zero attached hydrogens (tertiary/aromatic N) is 1. The van der Waals surface area contributed by atoms with E-state index in [-0.39, 0.29) is 17.1 Å². The summed E-state index contributed by atoms with van der Waals surface area (Å²) in [5, 5.41) is 6.12. The van der Waals surface area contributed by atoms with Crippen molar-refractivity contribution < 1.29 is 13.6 Å². The third kappa shape index (κ3) is 4.55. The molecule has 1 amide bonds. The van der Waals surface area contributed by atoms with Crippen LogP contribution in [0.2, 0.25) is 0 Å². The number of benzene rings is 1. The highest BCUT2D eigenvalue weighted by molar-refractivity contribution is 6.05. The van der Waals surface area contributed by atoms with Crippen molar-refractivity contribution in [2.45, 2.75) is 69.9 Å². The highest BCUT2D eigenvalue weighted by Gasteiger charge is 2.33. The van der Waals surface area contributed by atoms with Crippen LogP contribution in [0.4, 0.5) is 8.78 Å². The molecule has 2 N–H and O–H groups in total. The molecule has 0 heterocycles. The SMILES string of the molecule is CC1(NC(=NC2CCCCC2)NC(=O)c2ccc(F)c(F)c2)CCC1. The van der Waals surface area contributed by atoms with Crippen molar-refractivity contribution in [3.05, 3.63) is 35.4 Å². The quantitative estimate of drug-likeness (QED) is 0.642. The molecule has 2 saturated carbocycles. The van der Waals surface area contributed by atoms with E-state index in [4.69, 9.17) is 4.99 Å². The van der Waals surface area contributed by atoms with Crippen LogP contribution in [0.1, 0.15) is 68.6 Å². The van der Waals surface area contributed by atoms with E-state index < -0.39 is 17.5 Å². The highest BCUT2D eigenvalue weighted by Crippen LogP contribution is 2.31. The second kappa shape index (κ2) is 7.50. The summed E-state index contributed by atoms with van der Waals surface area (Å²) in [4.78, 5) is 17.1. The summed E-state index contributed by atoms with van der Waals surface area (Å²) in [5.74, 6) is -2.03. The predicted molar refractivity (Wildman–Crippen MR) is 93.5 cm³/mol. The van der Waals surface area contributed by atoms with Gasteiger partial charge in [0.1, 0.15) is 0 Å². The summed E-state index contributed by atoms with van der Waals surface area (Å²) in [6.45, 7) is 2.11. The van der Waals surface area contributed by atoms with Gasteiger partial charge in [0.15, 0.2) is 17.6 Å². The monoisotopic (exact) mass is 349 g/mol. The van der Waals surface area contributed by atoms with Gasteiger partial charge in [-0.1, -0.05) is 19.3 Å². The number of amides is 1. The molecule has 2 aliphatic carbocycles. The van der Waals surface area contributed by atoms with Gasteiger partial charge < -0.3 is 5.32 Å². The fourth-order valence-corrected chi connectivity index (χ4v) is 3.42. The first-order valence-electron chi connectivity index (χ1n) is 9.08. The van der Waals surface area contributed by atoms with Crippen LogP contribution in [-0.4, -0.2) is 23.4 Å². The van der Waals surface area contributed by atoms with Crippen molar-refractivity contribution in [3.63, 3.8) is 0 Å². The number of carbonyl (C=O) groups is 1. The Hall–Kier alpha value is -1.98. The van der Waals surface area contributed by atoms with Gasteiger partial charge in [0.05, 0.1) is 6.04 Å². The Labute approximate surface area is 147 Å². The molecule has 0 radical (unpaired) electrons. The fraction of sp³-hybridized carbons (Fsp3) is 0.579. The molecule has 2 fully saturated rings. The summed E-state index contributed by atoms with van der Waals surface area (Å²) >= 11 is 0. The van der Waals surface area contributed by atoms with Crippen molar-refractivity contribution in [1.29, 1.82) is 0 Å². The normalized spacial score (nSPS) is 20.7. The molecule has 3 rings (SSSR count). The number of nitrogens with one attached hydrogen (secondary N) is 2. The maximum absolute atomic E-state index is 13.4. The van der Waals surface area contributed by atoms with Crippen molar-refractivity contribution in [1.82, 2.24) is 10.6 Å². The smallest absolute Gasteiger partial charge is 0.258 e. The Balaban J connectivity index is 1.74. The van der Waals surface area contributed by atoms with Gasteiger partial charge >= 0.3 is 0 Å². The number of rotatable bonds is 3. The van der Waals surface area contributed by atoms with Gasteiger partial charge in [0.2, 0.25) is 0 Å². The van der Waals surface area contributed by atoms with Crippen molar-refractivity contribution in [3.8, 4) is 0 Å². The maximum Gasteiger partial charge on any atom is 0.258 e. The second-order valence-electron chi connectivity index (χ2n) is 7.39. The number of carbonyl (C=O) groups excluding carboxylic acids is 1. The van der Waals surface area contributed by atoms with Crippen LogP contribution in [0.15, 0.2) is 23.2 Å². The molecule has 0 aliphatic heterocycles. The molecule has 1 aromatic rings. The van der Waals surface area contributed by atoms with E-state index in [1.165, 1.54) is 12.5 Å². The summed E-state index contributed by atoms with van der Waals surface area (Å²) in [6.07, 6.45) is 8.76. The maximum atomic E-state index is 13.4. The fourth-order valence-electron chi connectivity index (χ4n) is 3.42. The Morgan fingerprint density at radius 1 is 1.12 bits per heavy atom. The lowest BCUT2D eigenvalue weighted by Crippen LogP contribution is -2.56. The number of hydrogen-bond donors (Lipinski definition) is 2. The number of guanidine groups is 1. The van der Waals surface area contributed by atoms with Crippen molar-refractivity contribution >= 4 is 11.9 Å². The molecule has 0 atom stereocenters. The van der Waals surface area contributed by atoms with Crippen LogP contribution in [0.25, 0.3) is 0 Å². The van der Waals surface area contributed by atoms with E-state index in [2.05, 4.69) is 17.6 Å². The molecular formula is C19H25F2N3O. The van der Waals surface area contributed by atoms with Crippen molar-refractivity contribution in [2.75, 3.05) is 0 Å². The van der Waals surface area contributed by atoms with Crippen LogP contribution in [0, 0.1) is 11.6 Å². The highest BCUT2D eigenvalue weighted by atomic mass is 19.2. The van der Waals surface area contributed by atoms with E-state index in [1.54, 1.807) is 0 Å². The molecule has 4 nitrogen and oxygen atoms in total. The summed E-state index contributed by atoms with van der Waals surface area (Å²) < 4.78 is 26.5. The van der Waals surface area contributed by atoms with E-state index >= 15 is 0 Å². The lowest BCUT2D eigenvalue weighted by Gasteiger charge is -2.40. The van der Waals surface area contributed by atoms with E-state index in [9.17, 15) is 13.6 Å². The van der Waals surface area contributed by atoms with Gasteiger partial charge in [0.25, 0.3) is 5.91 Å². The molecule has 0 saturated heterocycles. The average Bonchev–Trinajstić information content (AvgIpc) is 2.56. The lowest BCUT2D eigenvalue weighted by molar-refractivity contribution is 0.0973. The summed E-state index contributed by atoms with van der Waals surface area (Å²) in [6, 6.07) is 3.35. The van der Waals surface area contributed by atoms with Crippen LogP contribution in [0.5, 0.6) is 0 Å². The molecule has 25 heavy (non-hydrogen) atoms. The van der Waals surface area contributed by atoms with Gasteiger partial charge in [-0.15, -0.1) is 0 Å². The molecule has 1 aromatic carbocycles. The minimum absolute atomic E-state index is 0.0607. The van der Waals surface area contributed by atoms with Crippen LogP contribution in [0.3, 0.4) is 0 Å².